The van der Waals surface area contributed by atoms with Gasteiger partial charge < -0.3 is 4.57 Å². The Hall–Kier alpha value is -10.9. The maximum Gasteiger partial charge on any atom is 0.138 e. The first-order valence-electron chi connectivity index (χ1n) is 28.2. The number of hydrogen-bond acceptors (Lipinski definition) is 2. The fraction of sp³-hybridized carbons (Fsp3) is 0. The molecule has 4 heterocycles. The normalized spacial score (nSPS) is 12.1. The maximum absolute atomic E-state index is 5.38. The van der Waals surface area contributed by atoms with Gasteiger partial charge in [-0.1, -0.05) is 224 Å². The molecular formula is C78H46N4. The molecule has 82 heavy (non-hydrogen) atoms. The van der Waals surface area contributed by atoms with Gasteiger partial charge >= 0.3 is 0 Å². The van der Waals surface area contributed by atoms with Crippen molar-refractivity contribution in [3.63, 3.8) is 0 Å². The summed E-state index contributed by atoms with van der Waals surface area (Å²) < 4.78 is 4.88. The summed E-state index contributed by atoms with van der Waals surface area (Å²) in [7, 11) is 0. The second kappa shape index (κ2) is 17.3. The number of nitrogens with zero attached hydrogens (tertiary/aromatic N) is 4. The first-order valence-corrected chi connectivity index (χ1v) is 28.2. The Morgan fingerprint density at radius 1 is 0.232 bits per heavy atom. The van der Waals surface area contributed by atoms with Gasteiger partial charge in [0.15, 0.2) is 0 Å². The number of fused-ring (bicyclic) bond motifs is 26. The van der Waals surface area contributed by atoms with Crippen molar-refractivity contribution in [3.8, 4) is 45.1 Å². The van der Waals surface area contributed by atoms with Crippen molar-refractivity contribution >= 4 is 130 Å². The third-order valence-corrected chi connectivity index (χ3v) is 17.7. The monoisotopic (exact) mass is 1040 g/mol. The molecule has 0 atom stereocenters. The molecule has 378 valence electrons. The quantitative estimate of drug-likeness (QED) is 0.161. The van der Waals surface area contributed by atoms with Crippen LogP contribution in [0.3, 0.4) is 0 Å². The molecule has 4 nitrogen and oxygen atoms in total. The Morgan fingerprint density at radius 3 is 1.23 bits per heavy atom. The first kappa shape index (κ1) is 45.0. The lowest BCUT2D eigenvalue weighted by Crippen LogP contribution is -1.99. The summed E-state index contributed by atoms with van der Waals surface area (Å²) in [4.78, 5) is 10.6. The van der Waals surface area contributed by atoms with E-state index in [0.717, 1.165) is 56.2 Å². The van der Waals surface area contributed by atoms with Crippen molar-refractivity contribution in [1.82, 2.24) is 19.1 Å². The van der Waals surface area contributed by atoms with Crippen LogP contribution in [0.1, 0.15) is 0 Å². The smallest absolute Gasteiger partial charge is 0.138 e. The fourth-order valence-electron chi connectivity index (χ4n) is 14.2. The van der Waals surface area contributed by atoms with E-state index in [0.29, 0.717) is 0 Å². The number of benzene rings is 14. The lowest BCUT2D eigenvalue weighted by Gasteiger charge is -2.17. The minimum absolute atomic E-state index is 0.893. The Morgan fingerprint density at radius 2 is 0.659 bits per heavy atom. The van der Waals surface area contributed by atoms with Gasteiger partial charge in [0, 0.05) is 71.7 Å². The van der Waals surface area contributed by atoms with Crippen LogP contribution in [0.4, 0.5) is 0 Å². The van der Waals surface area contributed by atoms with Gasteiger partial charge in [-0.25, -0.2) is 4.98 Å². The zero-order valence-electron chi connectivity index (χ0n) is 44.3. The van der Waals surface area contributed by atoms with Gasteiger partial charge in [-0.15, -0.1) is 0 Å². The predicted molar refractivity (Wildman–Crippen MR) is 347 cm³/mol. The van der Waals surface area contributed by atoms with Gasteiger partial charge in [-0.2, -0.15) is 0 Å². The lowest BCUT2D eigenvalue weighted by atomic mass is 9.87. The Balaban J connectivity index is 0.782. The van der Waals surface area contributed by atoms with Gasteiger partial charge in [0.2, 0.25) is 0 Å². The highest BCUT2D eigenvalue weighted by molar-refractivity contribution is 6.44. The van der Waals surface area contributed by atoms with Crippen LogP contribution in [0.2, 0.25) is 0 Å². The van der Waals surface area contributed by atoms with E-state index < -0.39 is 0 Å². The molecule has 18 rings (SSSR count). The Labute approximate surface area is 470 Å². The van der Waals surface area contributed by atoms with Crippen LogP contribution in [0.25, 0.3) is 175 Å². The standard InChI is InChI=1S/C78H46N4/c1-2-19-47(20-3-1)67-33-18-36-70(80-67)82-69-35-17-15-32-64(69)76-74-60-43-39-49(45-65(60)54-23-6-8-25-56(54)72(74)59-28-11-13-30-62(59)78(76)82)50-40-44-66(79-46-50)48-37-41-51(42-38-48)81-68-34-16-14-31-63(68)75-73-57-26-9-5-22-53(57)52-21-4-7-24-55(52)71(73)58-27-10-12-29-61(58)77(75)81/h1-46H. The van der Waals surface area contributed by atoms with E-state index >= 15 is 0 Å². The van der Waals surface area contributed by atoms with Crippen LogP contribution in [-0.4, -0.2) is 19.1 Å². The van der Waals surface area contributed by atoms with Crippen molar-refractivity contribution in [3.05, 3.63) is 279 Å². The molecule has 0 saturated heterocycles. The van der Waals surface area contributed by atoms with Gasteiger partial charge in [-0.3, -0.25) is 9.55 Å². The molecule has 0 fully saturated rings. The molecule has 4 heteroatoms. The zero-order chi connectivity index (χ0) is 53.6. The third kappa shape index (κ3) is 6.32. The molecule has 4 aromatic heterocycles. The van der Waals surface area contributed by atoms with Crippen molar-refractivity contribution in [2.45, 2.75) is 0 Å². The van der Waals surface area contributed by atoms with Gasteiger partial charge in [0.1, 0.15) is 5.82 Å². The molecule has 18 aromatic rings. The summed E-state index contributed by atoms with van der Waals surface area (Å²) in [6.07, 6.45) is 2.04. The highest BCUT2D eigenvalue weighted by atomic mass is 15.1. The van der Waals surface area contributed by atoms with E-state index in [2.05, 4.69) is 282 Å². The van der Waals surface area contributed by atoms with Crippen LogP contribution >= 0.6 is 0 Å². The molecule has 0 saturated carbocycles. The van der Waals surface area contributed by atoms with E-state index in [1.807, 2.05) is 6.20 Å². The Bertz CT molecular complexity index is 5730. The average molecular weight is 1040 g/mol. The molecule has 0 unspecified atom stereocenters. The van der Waals surface area contributed by atoms with E-state index in [-0.39, 0.29) is 0 Å². The second-order valence-electron chi connectivity index (χ2n) is 21.9. The van der Waals surface area contributed by atoms with Crippen LogP contribution in [0, 0.1) is 0 Å². The Kier molecular flexibility index (Phi) is 9.48. The molecule has 0 aliphatic rings. The number of rotatable bonds is 5. The molecule has 14 aromatic carbocycles. The van der Waals surface area contributed by atoms with Crippen molar-refractivity contribution in [2.75, 3.05) is 0 Å². The summed E-state index contributed by atoms with van der Waals surface area (Å²) in [5.74, 6) is 0.893. The fourth-order valence-corrected chi connectivity index (χ4v) is 14.2. The summed E-state index contributed by atoms with van der Waals surface area (Å²) >= 11 is 0. The summed E-state index contributed by atoms with van der Waals surface area (Å²) in [6, 6.07) is 99.8. The predicted octanol–water partition coefficient (Wildman–Crippen LogP) is 20.9. The molecule has 0 bridgehead atoms. The second-order valence-corrected chi connectivity index (χ2v) is 21.9. The minimum atomic E-state index is 0.893. The highest BCUT2D eigenvalue weighted by Gasteiger charge is 2.25. The van der Waals surface area contributed by atoms with Crippen molar-refractivity contribution in [1.29, 1.82) is 0 Å². The average Bonchev–Trinajstić information content (AvgIpc) is 1.78. The largest absolute Gasteiger partial charge is 0.309 e. The number of aromatic nitrogens is 4. The van der Waals surface area contributed by atoms with Gasteiger partial charge in [0.25, 0.3) is 0 Å². The summed E-state index contributed by atoms with van der Waals surface area (Å²) in [5, 5.41) is 25.1. The molecule has 0 amide bonds. The highest BCUT2D eigenvalue weighted by Crippen LogP contribution is 2.50. The lowest BCUT2D eigenvalue weighted by molar-refractivity contribution is 1.09. The topological polar surface area (TPSA) is 35.6 Å². The molecule has 0 aliphatic heterocycles. The van der Waals surface area contributed by atoms with E-state index in [4.69, 9.17) is 9.97 Å². The van der Waals surface area contributed by atoms with Crippen LogP contribution in [0.5, 0.6) is 0 Å². The maximum atomic E-state index is 5.38. The number of pyridine rings is 2. The van der Waals surface area contributed by atoms with Crippen LogP contribution in [-0.2, 0) is 0 Å². The summed E-state index contributed by atoms with van der Waals surface area (Å²) in [6.45, 7) is 0. The van der Waals surface area contributed by atoms with Crippen LogP contribution < -0.4 is 0 Å². The number of para-hydroxylation sites is 2. The van der Waals surface area contributed by atoms with E-state index in [1.54, 1.807) is 0 Å². The number of hydrogen-bond donors (Lipinski definition) is 0. The minimum Gasteiger partial charge on any atom is -0.309 e. The van der Waals surface area contributed by atoms with Crippen molar-refractivity contribution < 1.29 is 0 Å². The molecule has 0 N–H and O–H groups in total. The summed E-state index contributed by atoms with van der Waals surface area (Å²) in [5.41, 5.74) is 12.0. The van der Waals surface area contributed by atoms with E-state index in [9.17, 15) is 0 Å². The SMILES string of the molecule is c1ccc(-c2cccc(-n3c4ccccc4c4c5c6ccc(-c7ccc(-c8ccc(-n9c%10ccccc%10c%10c%11c%12ccccc%12c%12ccccc%12c%11c%11ccccc%11c%109)cc8)nc7)cc6c6ccccc6c5c5ccccc5c43)n2)cc1. The van der Waals surface area contributed by atoms with Crippen LogP contribution in [0.15, 0.2) is 279 Å². The molecule has 0 spiro atoms. The van der Waals surface area contributed by atoms with Crippen molar-refractivity contribution in [2.24, 2.45) is 0 Å². The molecule has 0 radical (unpaired) electrons. The van der Waals surface area contributed by atoms with E-state index in [1.165, 1.54) is 119 Å². The third-order valence-electron chi connectivity index (χ3n) is 17.7. The molecular weight excluding hydrogens is 993 g/mol. The van der Waals surface area contributed by atoms with Gasteiger partial charge in [-0.05, 0) is 119 Å². The first-order chi connectivity index (χ1) is 40.7. The van der Waals surface area contributed by atoms with Gasteiger partial charge in [0.05, 0.1) is 33.5 Å². The zero-order valence-corrected chi connectivity index (χ0v) is 44.3. The molecule has 0 aliphatic carbocycles.